The Balaban J connectivity index is 1.89. The summed E-state index contributed by atoms with van der Waals surface area (Å²) < 4.78 is 16.8. The van der Waals surface area contributed by atoms with E-state index in [9.17, 15) is 9.59 Å². The number of piperidine rings is 1. The first-order valence-electron chi connectivity index (χ1n) is 10.6. The summed E-state index contributed by atoms with van der Waals surface area (Å²) in [5.41, 5.74) is 0.493. The Morgan fingerprint density at radius 1 is 1.10 bits per heavy atom. The molecule has 1 N–H and O–H groups in total. The molecule has 7 nitrogen and oxygen atoms in total. The lowest BCUT2D eigenvalue weighted by molar-refractivity contribution is -0.134. The number of rotatable bonds is 11. The van der Waals surface area contributed by atoms with Crippen molar-refractivity contribution in [2.45, 2.75) is 52.6 Å². The molecule has 2 rings (SSSR count). The first-order chi connectivity index (χ1) is 14.0. The Kier molecular flexibility index (Phi) is 9.77. The molecule has 0 aliphatic carbocycles. The van der Waals surface area contributed by atoms with Crippen LogP contribution in [0.1, 0.15) is 56.8 Å². The molecule has 2 amide bonds. The maximum absolute atomic E-state index is 12.4. The van der Waals surface area contributed by atoms with Crippen LogP contribution >= 0.6 is 0 Å². The Labute approximate surface area is 173 Å². The zero-order chi connectivity index (χ0) is 21.1. The molecule has 0 aromatic heterocycles. The number of nitrogens with zero attached hydrogens (tertiary/aromatic N) is 1. The lowest BCUT2D eigenvalue weighted by atomic mass is 10.1. The van der Waals surface area contributed by atoms with Crippen LogP contribution < -0.4 is 14.8 Å². The molecule has 7 heteroatoms. The van der Waals surface area contributed by atoms with Crippen LogP contribution in [0.15, 0.2) is 18.2 Å². The van der Waals surface area contributed by atoms with Crippen LogP contribution in [0.4, 0.5) is 0 Å². The van der Waals surface area contributed by atoms with E-state index in [0.717, 1.165) is 32.4 Å². The Morgan fingerprint density at radius 3 is 2.55 bits per heavy atom. The molecule has 1 aliphatic rings. The first-order valence-corrected chi connectivity index (χ1v) is 10.6. The van der Waals surface area contributed by atoms with Gasteiger partial charge >= 0.3 is 0 Å². The fraction of sp³-hybridized carbons (Fsp3) is 0.636. The van der Waals surface area contributed by atoms with E-state index in [-0.39, 0.29) is 24.5 Å². The minimum atomic E-state index is -0.175. The molecule has 1 heterocycles. The van der Waals surface area contributed by atoms with Crippen LogP contribution in [0.25, 0.3) is 0 Å². The summed E-state index contributed by atoms with van der Waals surface area (Å²) in [5, 5.41) is 2.88. The van der Waals surface area contributed by atoms with E-state index in [1.807, 2.05) is 25.7 Å². The summed E-state index contributed by atoms with van der Waals surface area (Å²) >= 11 is 0. The predicted molar refractivity (Wildman–Crippen MR) is 112 cm³/mol. The summed E-state index contributed by atoms with van der Waals surface area (Å²) in [6, 6.07) is 5.03. The molecule has 0 atom stereocenters. The van der Waals surface area contributed by atoms with E-state index < -0.39 is 0 Å². The molecular formula is C22H34N2O5. The van der Waals surface area contributed by atoms with Gasteiger partial charge in [0.25, 0.3) is 11.8 Å². The first kappa shape index (κ1) is 23.0. The van der Waals surface area contributed by atoms with Crippen molar-refractivity contribution in [1.82, 2.24) is 10.2 Å². The number of nitrogens with one attached hydrogen (secondary N) is 1. The predicted octanol–water partition coefficient (Wildman–Crippen LogP) is 3.02. The van der Waals surface area contributed by atoms with Crippen LogP contribution in [0.3, 0.4) is 0 Å². The van der Waals surface area contributed by atoms with Gasteiger partial charge in [0.15, 0.2) is 18.1 Å². The highest BCUT2D eigenvalue weighted by Gasteiger charge is 2.18. The normalized spacial score (nSPS) is 14.0. The van der Waals surface area contributed by atoms with E-state index in [1.165, 1.54) is 6.42 Å². The zero-order valence-electron chi connectivity index (χ0n) is 17.9. The SMILES string of the molecule is CCOc1cc(C(=O)NCCCOC(C)C)ccc1OCC(=O)N1CCCCC1. The van der Waals surface area contributed by atoms with Crippen LogP contribution in [0.2, 0.25) is 0 Å². The average Bonchev–Trinajstić information content (AvgIpc) is 2.72. The van der Waals surface area contributed by atoms with Crippen molar-refractivity contribution in [3.05, 3.63) is 23.8 Å². The highest BCUT2D eigenvalue weighted by atomic mass is 16.5. The number of hydrogen-bond donors (Lipinski definition) is 1. The van der Waals surface area contributed by atoms with Crippen molar-refractivity contribution < 1.29 is 23.8 Å². The zero-order valence-corrected chi connectivity index (χ0v) is 17.9. The molecule has 1 fully saturated rings. The molecule has 0 radical (unpaired) electrons. The maximum Gasteiger partial charge on any atom is 0.260 e. The van der Waals surface area contributed by atoms with Gasteiger partial charge in [-0.15, -0.1) is 0 Å². The molecule has 162 valence electrons. The fourth-order valence-corrected chi connectivity index (χ4v) is 3.11. The largest absolute Gasteiger partial charge is 0.490 e. The number of carbonyl (C=O) groups is 2. The summed E-state index contributed by atoms with van der Waals surface area (Å²) in [4.78, 5) is 26.5. The average molecular weight is 407 g/mol. The van der Waals surface area contributed by atoms with Crippen molar-refractivity contribution in [3.8, 4) is 11.5 Å². The number of likely N-dealkylation sites (tertiary alicyclic amines) is 1. The lowest BCUT2D eigenvalue weighted by Gasteiger charge is -2.26. The Morgan fingerprint density at radius 2 is 1.86 bits per heavy atom. The topological polar surface area (TPSA) is 77.1 Å². The van der Waals surface area contributed by atoms with Crippen molar-refractivity contribution in [2.75, 3.05) is 39.5 Å². The molecule has 0 saturated carbocycles. The maximum atomic E-state index is 12.4. The molecule has 1 aromatic carbocycles. The summed E-state index contributed by atoms with van der Waals surface area (Å²) in [7, 11) is 0. The third-order valence-electron chi connectivity index (χ3n) is 4.62. The van der Waals surface area contributed by atoms with Crippen LogP contribution in [-0.4, -0.2) is 62.3 Å². The van der Waals surface area contributed by atoms with E-state index in [1.54, 1.807) is 18.2 Å². The van der Waals surface area contributed by atoms with Gasteiger partial charge in [-0.2, -0.15) is 0 Å². The number of ether oxygens (including phenoxy) is 3. The van der Waals surface area contributed by atoms with Crippen LogP contribution in [0, 0.1) is 0 Å². The Hall–Kier alpha value is -2.28. The van der Waals surface area contributed by atoms with Gasteiger partial charge in [0.2, 0.25) is 0 Å². The third kappa shape index (κ3) is 7.93. The fourth-order valence-electron chi connectivity index (χ4n) is 3.11. The van der Waals surface area contributed by atoms with Gasteiger partial charge in [-0.1, -0.05) is 0 Å². The van der Waals surface area contributed by atoms with E-state index in [0.29, 0.717) is 36.8 Å². The van der Waals surface area contributed by atoms with Gasteiger partial charge in [0.05, 0.1) is 12.7 Å². The molecule has 0 spiro atoms. The molecule has 1 aliphatic heterocycles. The number of carbonyl (C=O) groups excluding carboxylic acids is 2. The van der Waals surface area contributed by atoms with Crippen LogP contribution in [0.5, 0.6) is 11.5 Å². The van der Waals surface area contributed by atoms with Gasteiger partial charge in [-0.25, -0.2) is 0 Å². The number of hydrogen-bond acceptors (Lipinski definition) is 5. The van der Waals surface area contributed by atoms with Crippen molar-refractivity contribution in [2.24, 2.45) is 0 Å². The van der Waals surface area contributed by atoms with E-state index >= 15 is 0 Å². The molecule has 0 unspecified atom stereocenters. The molecular weight excluding hydrogens is 372 g/mol. The van der Waals surface area contributed by atoms with Gasteiger partial charge in [0.1, 0.15) is 0 Å². The van der Waals surface area contributed by atoms with Crippen LogP contribution in [-0.2, 0) is 9.53 Å². The number of amides is 2. The molecule has 1 saturated heterocycles. The minimum absolute atomic E-state index is 0.0161. The van der Waals surface area contributed by atoms with E-state index in [2.05, 4.69) is 5.32 Å². The summed E-state index contributed by atoms with van der Waals surface area (Å²) in [5.74, 6) is 0.748. The molecule has 1 aromatic rings. The highest BCUT2D eigenvalue weighted by molar-refractivity contribution is 5.94. The standard InChI is InChI=1S/C22H34N2O5/c1-4-27-20-15-18(22(26)23-11-8-14-28-17(2)3)9-10-19(20)29-16-21(25)24-12-6-5-7-13-24/h9-10,15,17H,4-8,11-14,16H2,1-3H3,(H,23,26). The number of benzene rings is 1. The smallest absolute Gasteiger partial charge is 0.260 e. The minimum Gasteiger partial charge on any atom is -0.490 e. The van der Waals surface area contributed by atoms with Gasteiger partial charge in [-0.3, -0.25) is 9.59 Å². The summed E-state index contributed by atoms with van der Waals surface area (Å²) in [6.07, 6.45) is 4.20. The molecule has 0 bridgehead atoms. The quantitative estimate of drug-likeness (QED) is 0.572. The second kappa shape index (κ2) is 12.3. The monoisotopic (exact) mass is 406 g/mol. The highest BCUT2D eigenvalue weighted by Crippen LogP contribution is 2.28. The molecule has 29 heavy (non-hydrogen) atoms. The summed E-state index contributed by atoms with van der Waals surface area (Å²) in [6.45, 7) is 8.98. The van der Waals surface area contributed by atoms with Gasteiger partial charge in [-0.05, 0) is 64.7 Å². The Bertz CT molecular complexity index is 657. The van der Waals surface area contributed by atoms with E-state index in [4.69, 9.17) is 14.2 Å². The second-order valence-electron chi connectivity index (χ2n) is 7.35. The van der Waals surface area contributed by atoms with Crippen molar-refractivity contribution >= 4 is 11.8 Å². The van der Waals surface area contributed by atoms with Gasteiger partial charge < -0.3 is 24.4 Å². The van der Waals surface area contributed by atoms with Crippen molar-refractivity contribution in [1.29, 1.82) is 0 Å². The van der Waals surface area contributed by atoms with Gasteiger partial charge in [0, 0.05) is 31.8 Å². The second-order valence-corrected chi connectivity index (χ2v) is 7.35. The van der Waals surface area contributed by atoms with Crippen molar-refractivity contribution in [3.63, 3.8) is 0 Å². The lowest BCUT2D eigenvalue weighted by Crippen LogP contribution is -2.38. The third-order valence-corrected chi connectivity index (χ3v) is 4.62.